The Balaban J connectivity index is 1.65. The molecule has 3 aromatic rings. The summed E-state index contributed by atoms with van der Waals surface area (Å²) in [6.45, 7) is 2.44. The van der Waals surface area contributed by atoms with Gasteiger partial charge >= 0.3 is 0 Å². The van der Waals surface area contributed by atoms with Crippen LogP contribution in [0.1, 0.15) is 6.92 Å². The molecule has 1 heterocycles. The maximum Gasteiger partial charge on any atom is 0.248 e. The van der Waals surface area contributed by atoms with Crippen LogP contribution in [0.4, 0.5) is 5.69 Å². The summed E-state index contributed by atoms with van der Waals surface area (Å²) in [5.41, 5.74) is 1.31. The molecule has 1 aromatic heterocycles. The van der Waals surface area contributed by atoms with E-state index in [1.807, 2.05) is 31.2 Å². The van der Waals surface area contributed by atoms with E-state index >= 15 is 0 Å². The minimum absolute atomic E-state index is 0.0841. The molecule has 0 saturated carbocycles. The normalized spacial score (nSPS) is 10.4. The zero-order chi connectivity index (χ0) is 19.9. The van der Waals surface area contributed by atoms with Crippen molar-refractivity contribution >= 4 is 11.6 Å². The highest BCUT2D eigenvalue weighted by atomic mass is 16.5. The van der Waals surface area contributed by atoms with Gasteiger partial charge in [-0.2, -0.15) is 4.80 Å². The molecule has 0 spiro atoms. The van der Waals surface area contributed by atoms with Crippen LogP contribution in [0.3, 0.4) is 0 Å². The number of aromatic nitrogens is 4. The molecule has 0 bridgehead atoms. The lowest BCUT2D eigenvalue weighted by molar-refractivity contribution is -0.117. The van der Waals surface area contributed by atoms with Gasteiger partial charge in [-0.25, -0.2) is 0 Å². The standard InChI is InChI=1S/C19H21N5O4/c1-4-28-14-7-5-13(6-8-14)19-21-23-24(22-19)12-18(25)20-16-10-9-15(26-2)11-17(16)27-3/h5-11H,4,12H2,1-3H3,(H,20,25). The third kappa shape index (κ3) is 4.56. The van der Waals surface area contributed by atoms with Gasteiger partial charge in [0.25, 0.3) is 0 Å². The first-order chi connectivity index (χ1) is 13.6. The minimum Gasteiger partial charge on any atom is -0.497 e. The van der Waals surface area contributed by atoms with Gasteiger partial charge in [-0.05, 0) is 48.5 Å². The number of tetrazole rings is 1. The lowest BCUT2D eigenvalue weighted by Crippen LogP contribution is -2.20. The van der Waals surface area contributed by atoms with E-state index in [0.717, 1.165) is 11.3 Å². The minimum atomic E-state index is -0.306. The number of carbonyl (C=O) groups excluding carboxylic acids is 1. The van der Waals surface area contributed by atoms with Crippen molar-refractivity contribution in [1.29, 1.82) is 0 Å². The summed E-state index contributed by atoms with van der Waals surface area (Å²) in [6.07, 6.45) is 0. The number of anilines is 1. The topological polar surface area (TPSA) is 100 Å². The van der Waals surface area contributed by atoms with Gasteiger partial charge in [0.05, 0.1) is 26.5 Å². The zero-order valence-corrected chi connectivity index (χ0v) is 15.9. The number of rotatable bonds is 8. The van der Waals surface area contributed by atoms with E-state index in [0.29, 0.717) is 29.6 Å². The van der Waals surface area contributed by atoms with Crippen LogP contribution in [0.5, 0.6) is 17.2 Å². The molecule has 9 nitrogen and oxygen atoms in total. The first-order valence-electron chi connectivity index (χ1n) is 8.66. The van der Waals surface area contributed by atoms with Gasteiger partial charge in [0, 0.05) is 11.6 Å². The van der Waals surface area contributed by atoms with E-state index in [1.54, 1.807) is 25.3 Å². The summed E-state index contributed by atoms with van der Waals surface area (Å²) >= 11 is 0. The monoisotopic (exact) mass is 383 g/mol. The molecule has 0 aliphatic rings. The molecule has 0 aliphatic heterocycles. The molecule has 146 valence electrons. The highest BCUT2D eigenvalue weighted by Crippen LogP contribution is 2.29. The summed E-state index contributed by atoms with van der Waals surface area (Å²) in [5, 5.41) is 14.9. The van der Waals surface area contributed by atoms with Gasteiger partial charge in [-0.3, -0.25) is 4.79 Å². The summed E-state index contributed by atoms with van der Waals surface area (Å²) < 4.78 is 15.8. The van der Waals surface area contributed by atoms with Crippen LogP contribution in [0.2, 0.25) is 0 Å². The fourth-order valence-corrected chi connectivity index (χ4v) is 2.51. The van der Waals surface area contributed by atoms with Crippen molar-refractivity contribution < 1.29 is 19.0 Å². The molecule has 0 radical (unpaired) electrons. The number of ether oxygens (including phenoxy) is 3. The van der Waals surface area contributed by atoms with Crippen LogP contribution in [0, 0.1) is 0 Å². The summed E-state index contributed by atoms with van der Waals surface area (Å²) in [7, 11) is 3.08. The second kappa shape index (κ2) is 8.85. The lowest BCUT2D eigenvalue weighted by Gasteiger charge is -2.11. The van der Waals surface area contributed by atoms with Crippen molar-refractivity contribution in [3.63, 3.8) is 0 Å². The zero-order valence-electron chi connectivity index (χ0n) is 15.9. The third-order valence-corrected chi connectivity index (χ3v) is 3.84. The van der Waals surface area contributed by atoms with Crippen molar-refractivity contribution in [3.8, 4) is 28.6 Å². The SMILES string of the molecule is CCOc1ccc(-c2nnn(CC(=O)Nc3ccc(OC)cc3OC)n2)cc1. The van der Waals surface area contributed by atoms with Crippen molar-refractivity contribution in [1.82, 2.24) is 20.2 Å². The Labute approximate surface area is 162 Å². The molecule has 0 aliphatic carbocycles. The maximum absolute atomic E-state index is 12.3. The van der Waals surface area contributed by atoms with Crippen LogP contribution < -0.4 is 19.5 Å². The smallest absolute Gasteiger partial charge is 0.248 e. The van der Waals surface area contributed by atoms with E-state index in [9.17, 15) is 4.79 Å². The van der Waals surface area contributed by atoms with Gasteiger partial charge in [0.15, 0.2) is 0 Å². The molecule has 0 atom stereocenters. The Morgan fingerprint density at radius 2 is 1.82 bits per heavy atom. The number of benzene rings is 2. The summed E-state index contributed by atoms with van der Waals surface area (Å²) in [4.78, 5) is 13.6. The molecule has 2 aromatic carbocycles. The number of nitrogens with zero attached hydrogens (tertiary/aromatic N) is 4. The van der Waals surface area contributed by atoms with E-state index < -0.39 is 0 Å². The Bertz CT molecular complexity index is 940. The quantitative estimate of drug-likeness (QED) is 0.637. The predicted molar refractivity (Wildman–Crippen MR) is 103 cm³/mol. The number of hydrogen-bond donors (Lipinski definition) is 1. The van der Waals surface area contributed by atoms with Crippen LogP contribution in [-0.2, 0) is 11.3 Å². The maximum atomic E-state index is 12.3. The molecule has 1 N–H and O–H groups in total. The van der Waals surface area contributed by atoms with E-state index in [1.165, 1.54) is 11.9 Å². The Hall–Kier alpha value is -3.62. The molecule has 0 fully saturated rings. The average Bonchev–Trinajstić information content (AvgIpc) is 3.17. The van der Waals surface area contributed by atoms with Crippen molar-refractivity contribution in [2.75, 3.05) is 26.1 Å². The largest absolute Gasteiger partial charge is 0.497 e. The molecule has 28 heavy (non-hydrogen) atoms. The predicted octanol–water partition coefficient (Wildman–Crippen LogP) is 2.39. The highest BCUT2D eigenvalue weighted by Gasteiger charge is 2.12. The number of nitrogens with one attached hydrogen (secondary N) is 1. The van der Waals surface area contributed by atoms with Gasteiger partial charge in [-0.1, -0.05) is 0 Å². The third-order valence-electron chi connectivity index (χ3n) is 3.84. The van der Waals surface area contributed by atoms with Crippen molar-refractivity contribution in [3.05, 3.63) is 42.5 Å². The molecular formula is C19H21N5O4. The molecule has 9 heteroatoms. The van der Waals surface area contributed by atoms with Crippen LogP contribution in [0.25, 0.3) is 11.4 Å². The Morgan fingerprint density at radius 3 is 2.50 bits per heavy atom. The van der Waals surface area contributed by atoms with Crippen LogP contribution in [0.15, 0.2) is 42.5 Å². The van der Waals surface area contributed by atoms with E-state index in [-0.39, 0.29) is 12.5 Å². The summed E-state index contributed by atoms with van der Waals surface area (Å²) in [5.74, 6) is 2.02. The fourth-order valence-electron chi connectivity index (χ4n) is 2.51. The first kappa shape index (κ1) is 19.2. The lowest BCUT2D eigenvalue weighted by atomic mass is 10.2. The van der Waals surface area contributed by atoms with Gasteiger partial charge < -0.3 is 19.5 Å². The second-order valence-electron chi connectivity index (χ2n) is 5.72. The summed E-state index contributed by atoms with van der Waals surface area (Å²) in [6, 6.07) is 12.5. The first-order valence-corrected chi connectivity index (χ1v) is 8.66. The number of methoxy groups -OCH3 is 2. The number of hydrogen-bond acceptors (Lipinski definition) is 7. The molecule has 3 rings (SSSR count). The van der Waals surface area contributed by atoms with E-state index in [2.05, 4.69) is 20.7 Å². The van der Waals surface area contributed by atoms with Crippen LogP contribution >= 0.6 is 0 Å². The molecule has 0 unspecified atom stereocenters. The Morgan fingerprint density at radius 1 is 1.07 bits per heavy atom. The number of carbonyl (C=O) groups is 1. The molecule has 0 saturated heterocycles. The fraction of sp³-hybridized carbons (Fsp3) is 0.263. The molecular weight excluding hydrogens is 362 g/mol. The van der Waals surface area contributed by atoms with Gasteiger partial charge in [0.2, 0.25) is 11.7 Å². The van der Waals surface area contributed by atoms with Crippen molar-refractivity contribution in [2.24, 2.45) is 0 Å². The van der Waals surface area contributed by atoms with Crippen LogP contribution in [-0.4, -0.2) is 46.9 Å². The van der Waals surface area contributed by atoms with Gasteiger partial charge in [0.1, 0.15) is 23.8 Å². The van der Waals surface area contributed by atoms with Gasteiger partial charge in [-0.15, -0.1) is 10.2 Å². The Kier molecular flexibility index (Phi) is 6.05. The van der Waals surface area contributed by atoms with Crippen molar-refractivity contribution in [2.45, 2.75) is 13.5 Å². The van der Waals surface area contributed by atoms with E-state index in [4.69, 9.17) is 14.2 Å². The average molecular weight is 383 g/mol. The second-order valence-corrected chi connectivity index (χ2v) is 5.72. The molecule has 1 amide bonds. The highest BCUT2D eigenvalue weighted by molar-refractivity contribution is 5.92. The number of amides is 1.